The van der Waals surface area contributed by atoms with Gasteiger partial charge in [0.15, 0.2) is 5.01 Å². The van der Waals surface area contributed by atoms with Crippen molar-refractivity contribution in [3.63, 3.8) is 0 Å². The maximum Gasteiger partial charge on any atom is 0.240 e. The topological polar surface area (TPSA) is 121 Å². The number of Topliss-reactive ketones (excluding diaryl/α,β-unsaturated/α-hetero) is 1. The molecule has 1 aromatic heterocycles. The van der Waals surface area contributed by atoms with Crippen LogP contribution in [0.15, 0.2) is 46.9 Å². The van der Waals surface area contributed by atoms with E-state index in [1.807, 2.05) is 42.3 Å². The van der Waals surface area contributed by atoms with Gasteiger partial charge in [-0.3, -0.25) is 24.3 Å². The molecule has 10 heteroatoms. The van der Waals surface area contributed by atoms with Gasteiger partial charge in [0.1, 0.15) is 0 Å². The molecule has 0 spiro atoms. The van der Waals surface area contributed by atoms with Gasteiger partial charge in [-0.05, 0) is 38.8 Å². The summed E-state index contributed by atoms with van der Waals surface area (Å²) in [6.45, 7) is 3.23. The Morgan fingerprint density at radius 2 is 2.06 bits per heavy atom. The number of amidine groups is 1. The normalized spacial score (nSPS) is 18.1. The molecule has 0 bridgehead atoms. The first kappa shape index (κ1) is 25.5. The fourth-order valence-electron chi connectivity index (χ4n) is 3.91. The molecule has 1 aliphatic rings. The molecule has 0 unspecified atom stereocenters. The number of hydrogen-bond acceptors (Lipinski definition) is 7. The Morgan fingerprint density at radius 1 is 1.29 bits per heavy atom. The van der Waals surface area contributed by atoms with Crippen LogP contribution in [-0.2, 0) is 16.0 Å². The lowest BCUT2D eigenvalue weighted by molar-refractivity contribution is -0.144. The van der Waals surface area contributed by atoms with E-state index in [-0.39, 0.29) is 30.2 Å². The highest BCUT2D eigenvalue weighted by Crippen LogP contribution is 2.16. The van der Waals surface area contributed by atoms with Gasteiger partial charge in [0.25, 0.3) is 0 Å². The van der Waals surface area contributed by atoms with Crippen LogP contribution < -0.4 is 11.1 Å². The van der Waals surface area contributed by atoms with E-state index in [9.17, 15) is 14.4 Å². The molecular weight excluding hydrogens is 452 g/mol. The van der Waals surface area contributed by atoms with Gasteiger partial charge < -0.3 is 16.0 Å². The molecule has 3 N–H and O–H groups in total. The van der Waals surface area contributed by atoms with Gasteiger partial charge in [0, 0.05) is 31.2 Å². The van der Waals surface area contributed by atoms with Crippen LogP contribution in [-0.4, -0.2) is 83.5 Å². The number of amides is 2. The second-order valence-corrected chi connectivity index (χ2v) is 9.33. The van der Waals surface area contributed by atoms with E-state index in [1.165, 1.54) is 11.3 Å². The molecule has 34 heavy (non-hydrogen) atoms. The summed E-state index contributed by atoms with van der Waals surface area (Å²) in [6.07, 6.45) is 3.15. The Bertz CT molecular complexity index is 991. The number of nitrogens with two attached hydrogens (primary N) is 1. The lowest BCUT2D eigenvalue weighted by Gasteiger charge is -2.38. The molecule has 2 atom stereocenters. The van der Waals surface area contributed by atoms with Crippen molar-refractivity contribution < 1.29 is 14.4 Å². The van der Waals surface area contributed by atoms with Gasteiger partial charge in [-0.2, -0.15) is 0 Å². The number of thiazole rings is 1. The number of aromatic nitrogens is 1. The molecule has 3 rings (SSSR count). The smallest absolute Gasteiger partial charge is 0.240 e. The molecule has 0 saturated carbocycles. The predicted molar refractivity (Wildman–Crippen MR) is 133 cm³/mol. The van der Waals surface area contributed by atoms with Crippen molar-refractivity contribution >= 4 is 34.8 Å². The van der Waals surface area contributed by atoms with Crippen molar-refractivity contribution in [2.45, 2.75) is 38.3 Å². The first-order valence-corrected chi connectivity index (χ1v) is 12.3. The molecule has 1 fully saturated rings. The minimum atomic E-state index is -0.727. The predicted octanol–water partition coefficient (Wildman–Crippen LogP) is 1.35. The summed E-state index contributed by atoms with van der Waals surface area (Å²) in [6, 6.07) is 8.79. The average molecular weight is 485 g/mol. The molecule has 182 valence electrons. The molecule has 1 aliphatic heterocycles. The Morgan fingerprint density at radius 3 is 2.74 bits per heavy atom. The Labute approximate surface area is 204 Å². The summed E-state index contributed by atoms with van der Waals surface area (Å²) in [4.78, 5) is 50.8. The first-order chi connectivity index (χ1) is 16.3. The van der Waals surface area contributed by atoms with Crippen LogP contribution in [0.3, 0.4) is 0 Å². The molecule has 1 saturated heterocycles. The summed E-state index contributed by atoms with van der Waals surface area (Å²) >= 11 is 1.24. The number of nitrogens with zero attached hydrogens (tertiary/aromatic N) is 4. The lowest BCUT2D eigenvalue weighted by atomic mass is 10.0. The number of benzene rings is 1. The van der Waals surface area contributed by atoms with Gasteiger partial charge in [-0.15, -0.1) is 11.3 Å². The maximum absolute atomic E-state index is 13.2. The van der Waals surface area contributed by atoms with Crippen LogP contribution in [0.1, 0.15) is 35.1 Å². The molecule has 0 radical (unpaired) electrons. The highest BCUT2D eigenvalue weighted by molar-refractivity contribution is 7.11. The van der Waals surface area contributed by atoms with Gasteiger partial charge >= 0.3 is 0 Å². The number of piperazine rings is 1. The second-order valence-electron chi connectivity index (χ2n) is 8.43. The SMILES string of the molecule is CC(N)=NCCC[C@H](NC(=O)CN1CCN(C)[C@@H](Cc2ccccc2)C1=O)C(=O)c1nccs1. The maximum atomic E-state index is 13.2. The second kappa shape index (κ2) is 12.4. The zero-order valence-electron chi connectivity index (χ0n) is 19.6. The van der Waals surface area contributed by atoms with Crippen LogP contribution in [0.25, 0.3) is 0 Å². The van der Waals surface area contributed by atoms with Crippen molar-refractivity contribution in [3.05, 3.63) is 52.5 Å². The van der Waals surface area contributed by atoms with E-state index < -0.39 is 6.04 Å². The van der Waals surface area contributed by atoms with Crippen molar-refractivity contribution in [1.82, 2.24) is 20.1 Å². The summed E-state index contributed by atoms with van der Waals surface area (Å²) in [5, 5.41) is 4.90. The number of likely N-dealkylation sites (N-methyl/N-ethyl adjacent to an activating group) is 1. The van der Waals surface area contributed by atoms with Crippen molar-refractivity contribution in [3.8, 4) is 0 Å². The van der Waals surface area contributed by atoms with Gasteiger partial charge in [-0.25, -0.2) is 4.98 Å². The number of carbonyl (C=O) groups is 3. The standard InChI is InChI=1S/C24H32N6O3S/c1-17(25)26-10-6-9-19(22(32)23-27-11-14-34-23)28-21(31)16-30-13-12-29(2)20(24(30)33)15-18-7-4-3-5-8-18/h3-5,7-8,11,14,19-20H,6,9-10,12-13,15-16H2,1-2H3,(H2,25,26)(H,28,31)/t19-,20-/m0/s1. The van der Waals surface area contributed by atoms with E-state index in [2.05, 4.69) is 15.3 Å². The first-order valence-electron chi connectivity index (χ1n) is 11.4. The largest absolute Gasteiger partial charge is 0.388 e. The van der Waals surface area contributed by atoms with Crippen molar-refractivity contribution in [2.24, 2.45) is 10.7 Å². The molecule has 2 amide bonds. The quantitative estimate of drug-likeness (QED) is 0.215. The third kappa shape index (κ3) is 7.19. The monoisotopic (exact) mass is 484 g/mol. The number of aliphatic imine (C=N–C) groups is 1. The Hall–Kier alpha value is -3.11. The van der Waals surface area contributed by atoms with Crippen LogP contribution in [0.2, 0.25) is 0 Å². The fraction of sp³-hybridized carbons (Fsp3) is 0.458. The van der Waals surface area contributed by atoms with Gasteiger partial charge in [-0.1, -0.05) is 30.3 Å². The number of nitrogens with one attached hydrogen (secondary N) is 1. The van der Waals surface area contributed by atoms with Crippen molar-refractivity contribution in [1.29, 1.82) is 0 Å². The summed E-state index contributed by atoms with van der Waals surface area (Å²) in [5.41, 5.74) is 6.65. The average Bonchev–Trinajstić information content (AvgIpc) is 3.35. The number of ketones is 1. The van der Waals surface area contributed by atoms with E-state index >= 15 is 0 Å². The molecule has 9 nitrogen and oxygen atoms in total. The zero-order valence-corrected chi connectivity index (χ0v) is 20.5. The summed E-state index contributed by atoms with van der Waals surface area (Å²) in [5.74, 6) is -0.193. The summed E-state index contributed by atoms with van der Waals surface area (Å²) < 4.78 is 0. The molecule has 0 aliphatic carbocycles. The van der Waals surface area contributed by atoms with Gasteiger partial charge in [0.2, 0.25) is 17.6 Å². The van der Waals surface area contributed by atoms with E-state index in [4.69, 9.17) is 5.73 Å². The van der Waals surface area contributed by atoms with Crippen LogP contribution in [0, 0.1) is 0 Å². The van der Waals surface area contributed by atoms with Crippen LogP contribution >= 0.6 is 11.3 Å². The third-order valence-electron chi connectivity index (χ3n) is 5.76. The van der Waals surface area contributed by atoms with Crippen LogP contribution in [0.4, 0.5) is 0 Å². The van der Waals surface area contributed by atoms with E-state index in [0.717, 1.165) is 5.56 Å². The number of carbonyl (C=O) groups excluding carboxylic acids is 3. The minimum Gasteiger partial charge on any atom is -0.388 e. The minimum absolute atomic E-state index is 0.0803. The molecule has 2 aromatic rings. The number of rotatable bonds is 11. The third-order valence-corrected chi connectivity index (χ3v) is 6.55. The number of hydrogen-bond donors (Lipinski definition) is 2. The molecule has 1 aromatic carbocycles. The Balaban J connectivity index is 1.62. The molecular formula is C24H32N6O3S. The molecule has 2 heterocycles. The fourth-order valence-corrected chi connectivity index (χ4v) is 4.54. The lowest BCUT2D eigenvalue weighted by Crippen LogP contribution is -2.58. The van der Waals surface area contributed by atoms with Gasteiger partial charge in [0.05, 0.1) is 24.5 Å². The van der Waals surface area contributed by atoms with Crippen LogP contribution in [0.5, 0.6) is 0 Å². The highest BCUT2D eigenvalue weighted by Gasteiger charge is 2.34. The van der Waals surface area contributed by atoms with E-state index in [1.54, 1.807) is 23.4 Å². The van der Waals surface area contributed by atoms with Crippen molar-refractivity contribution in [2.75, 3.05) is 33.2 Å². The summed E-state index contributed by atoms with van der Waals surface area (Å²) in [7, 11) is 1.93. The highest BCUT2D eigenvalue weighted by atomic mass is 32.1. The van der Waals surface area contributed by atoms with E-state index in [0.29, 0.717) is 49.7 Å². The zero-order chi connectivity index (χ0) is 24.5. The Kier molecular flexibility index (Phi) is 9.29.